The first-order chi connectivity index (χ1) is 10.1. The number of nitrogens with zero attached hydrogens (tertiary/aromatic N) is 1. The molecule has 9 nitrogen and oxygen atoms in total. The number of rotatable bonds is 7. The molecule has 0 spiro atoms. The highest BCUT2D eigenvalue weighted by Crippen LogP contribution is 2.12. The van der Waals surface area contributed by atoms with Gasteiger partial charge in [-0.15, -0.1) is 11.3 Å². The highest BCUT2D eigenvalue weighted by Gasteiger charge is 2.31. The molecule has 1 aromatic rings. The van der Waals surface area contributed by atoms with E-state index < -0.39 is 31.0 Å². The van der Waals surface area contributed by atoms with E-state index in [1.165, 1.54) is 19.2 Å². The second kappa shape index (κ2) is 7.49. The zero-order chi connectivity index (χ0) is 16.9. The zero-order valence-corrected chi connectivity index (χ0v) is 13.3. The highest BCUT2D eigenvalue weighted by atomic mass is 32.1. The summed E-state index contributed by atoms with van der Waals surface area (Å²) < 4.78 is 0.384. The van der Waals surface area contributed by atoms with Crippen molar-refractivity contribution in [1.29, 1.82) is 0 Å². The van der Waals surface area contributed by atoms with E-state index >= 15 is 0 Å². The van der Waals surface area contributed by atoms with E-state index in [2.05, 4.69) is 15.5 Å². The number of amides is 1. The van der Waals surface area contributed by atoms with Crippen LogP contribution in [0.15, 0.2) is 10.5 Å². The summed E-state index contributed by atoms with van der Waals surface area (Å²) in [5.41, 5.74) is -1.68. The molecule has 1 aromatic heterocycles. The van der Waals surface area contributed by atoms with E-state index in [0.717, 1.165) is 11.3 Å². The summed E-state index contributed by atoms with van der Waals surface area (Å²) in [4.78, 5) is 30.6. The third-order valence-electron chi connectivity index (χ3n) is 2.32. The number of thiazole rings is 1. The molecule has 5 N–H and O–H groups in total. The second-order valence-electron chi connectivity index (χ2n) is 4.60. The van der Waals surface area contributed by atoms with Crippen LogP contribution >= 0.6 is 23.6 Å². The fourth-order valence-electron chi connectivity index (χ4n) is 1.08. The summed E-state index contributed by atoms with van der Waals surface area (Å²) in [5, 5.41) is 33.8. The van der Waals surface area contributed by atoms with Gasteiger partial charge in [-0.3, -0.25) is 4.79 Å². The summed E-state index contributed by atoms with van der Waals surface area (Å²) in [6.45, 7) is 2.53. The lowest BCUT2D eigenvalue weighted by atomic mass is 9.92. The molecule has 1 amide bonds. The molecule has 0 unspecified atom stereocenters. The molecule has 0 atom stereocenters. The Morgan fingerprint density at radius 3 is 2.64 bits per heavy atom. The second-order valence-corrected chi connectivity index (χ2v) is 6.15. The molecular formula is C10H14BN3O6S2. The maximum absolute atomic E-state index is 12.0. The Bertz CT molecular complexity index is 639. The van der Waals surface area contributed by atoms with Crippen molar-refractivity contribution in [1.82, 2.24) is 10.3 Å². The van der Waals surface area contributed by atoms with Gasteiger partial charge < -0.3 is 30.3 Å². The van der Waals surface area contributed by atoms with Crippen LogP contribution in [0.1, 0.15) is 19.5 Å². The molecular weight excluding hydrogens is 333 g/mol. The van der Waals surface area contributed by atoms with Crippen molar-refractivity contribution in [3.63, 3.8) is 0 Å². The number of carbonyl (C=O) groups is 2. The molecule has 0 aliphatic rings. The first kappa shape index (κ1) is 18.3. The molecule has 0 bridgehead atoms. The summed E-state index contributed by atoms with van der Waals surface area (Å²) in [6.07, 6.45) is -0.426. The number of aliphatic carboxylic acids is 1. The maximum Gasteiger partial charge on any atom is 0.472 e. The lowest BCUT2D eigenvalue weighted by Gasteiger charge is -2.17. The standard InChI is InChI=1S/C10H14BN3O6S2/c1-10(2,8(16)17)20-14-6(5-3-22-9(21)13-5)7(15)12-4-11(18)19/h3,18-19H,4H2,1-2H3,(H,12,15)(H,13,21)(H,16,17)/b14-6+. The smallest absolute Gasteiger partial charge is 0.472 e. The lowest BCUT2D eigenvalue weighted by molar-refractivity contribution is -0.161. The molecule has 1 rings (SSSR count). The Hall–Kier alpha value is -1.76. The Labute approximate surface area is 134 Å². The van der Waals surface area contributed by atoms with Crippen molar-refractivity contribution in [3.8, 4) is 0 Å². The van der Waals surface area contributed by atoms with Gasteiger partial charge in [-0.2, -0.15) is 0 Å². The number of carboxylic acid groups (broad SMARTS) is 1. The van der Waals surface area contributed by atoms with Crippen LogP contribution < -0.4 is 5.32 Å². The topological polar surface area (TPSA) is 144 Å². The fourth-order valence-corrected chi connectivity index (χ4v) is 1.89. The summed E-state index contributed by atoms with van der Waals surface area (Å²) in [5.74, 6) is -2.04. The van der Waals surface area contributed by atoms with Crippen LogP contribution in [0.5, 0.6) is 0 Å². The largest absolute Gasteiger partial charge is 0.478 e. The van der Waals surface area contributed by atoms with Crippen LogP contribution in [0.3, 0.4) is 0 Å². The Morgan fingerprint density at radius 2 is 2.18 bits per heavy atom. The maximum atomic E-state index is 12.0. The van der Waals surface area contributed by atoms with E-state index in [1.54, 1.807) is 0 Å². The number of aromatic nitrogens is 1. The molecule has 0 aliphatic carbocycles. The lowest BCUT2D eigenvalue weighted by Crippen LogP contribution is -2.40. The zero-order valence-electron chi connectivity index (χ0n) is 11.7. The van der Waals surface area contributed by atoms with Crippen molar-refractivity contribution in [3.05, 3.63) is 15.0 Å². The van der Waals surface area contributed by atoms with Gasteiger partial charge in [0.05, 0.1) is 12.1 Å². The number of carboxylic acids is 1. The van der Waals surface area contributed by atoms with Gasteiger partial charge in [-0.1, -0.05) is 5.16 Å². The molecule has 12 heteroatoms. The minimum Gasteiger partial charge on any atom is -0.478 e. The Balaban J connectivity index is 3.04. The molecule has 120 valence electrons. The SMILES string of the molecule is CC(C)(O/N=C(/C(=O)NCB(O)O)c1csc(=S)[nH]1)C(=O)O. The minimum absolute atomic E-state index is 0.223. The molecule has 0 aliphatic heterocycles. The van der Waals surface area contributed by atoms with E-state index in [9.17, 15) is 9.59 Å². The molecule has 1 heterocycles. The number of hydrogen-bond donors (Lipinski definition) is 5. The van der Waals surface area contributed by atoms with Crippen LogP contribution in [-0.2, 0) is 14.4 Å². The summed E-state index contributed by atoms with van der Waals surface area (Å²) in [6, 6.07) is 0. The summed E-state index contributed by atoms with van der Waals surface area (Å²) in [7, 11) is -1.73. The van der Waals surface area contributed by atoms with Gasteiger partial charge >= 0.3 is 13.1 Å². The van der Waals surface area contributed by atoms with Crippen LogP contribution in [-0.4, -0.2) is 56.9 Å². The summed E-state index contributed by atoms with van der Waals surface area (Å²) >= 11 is 6.05. The van der Waals surface area contributed by atoms with Gasteiger partial charge in [-0.25, -0.2) is 4.79 Å². The first-order valence-corrected chi connectivity index (χ1v) is 7.24. The van der Waals surface area contributed by atoms with Gasteiger partial charge in [-0.05, 0) is 26.1 Å². The van der Waals surface area contributed by atoms with Crippen LogP contribution in [0.25, 0.3) is 0 Å². The highest BCUT2D eigenvalue weighted by molar-refractivity contribution is 7.73. The number of nitrogens with one attached hydrogen (secondary N) is 2. The van der Waals surface area contributed by atoms with E-state index in [4.69, 9.17) is 32.2 Å². The van der Waals surface area contributed by atoms with Crippen LogP contribution in [0.2, 0.25) is 0 Å². The molecule has 0 saturated heterocycles. The van der Waals surface area contributed by atoms with Crippen LogP contribution in [0.4, 0.5) is 0 Å². The first-order valence-electron chi connectivity index (χ1n) is 5.95. The van der Waals surface area contributed by atoms with Gasteiger partial charge in [0.25, 0.3) is 5.91 Å². The Kier molecular flexibility index (Phi) is 6.23. The molecule has 0 radical (unpaired) electrons. The number of carbonyl (C=O) groups excluding carboxylic acids is 1. The normalized spacial score (nSPS) is 11.9. The van der Waals surface area contributed by atoms with Gasteiger partial charge in [0.2, 0.25) is 5.60 Å². The molecule has 22 heavy (non-hydrogen) atoms. The third-order valence-corrected chi connectivity index (χ3v) is 3.38. The fraction of sp³-hybridized carbons (Fsp3) is 0.400. The monoisotopic (exact) mass is 347 g/mol. The third kappa shape index (κ3) is 5.22. The predicted molar refractivity (Wildman–Crippen MR) is 82.0 cm³/mol. The Morgan fingerprint density at radius 1 is 1.55 bits per heavy atom. The average molecular weight is 347 g/mol. The molecule has 0 fully saturated rings. The molecule has 0 aromatic carbocycles. The van der Waals surface area contributed by atoms with Crippen molar-refractivity contribution in [2.45, 2.75) is 19.4 Å². The minimum atomic E-state index is -1.73. The van der Waals surface area contributed by atoms with Gasteiger partial charge in [0.15, 0.2) is 9.67 Å². The quantitative estimate of drug-likeness (QED) is 0.194. The van der Waals surface area contributed by atoms with Crippen molar-refractivity contribution in [2.24, 2.45) is 5.16 Å². The number of oxime groups is 1. The number of H-pyrrole nitrogens is 1. The average Bonchev–Trinajstić information content (AvgIpc) is 2.82. The van der Waals surface area contributed by atoms with E-state index in [1.807, 2.05) is 0 Å². The van der Waals surface area contributed by atoms with Gasteiger partial charge in [0, 0.05) is 5.38 Å². The molecule has 0 saturated carbocycles. The van der Waals surface area contributed by atoms with Gasteiger partial charge in [0.1, 0.15) is 0 Å². The predicted octanol–water partition coefficient (Wildman–Crippen LogP) is -0.482. The van der Waals surface area contributed by atoms with E-state index in [0.29, 0.717) is 3.95 Å². The van der Waals surface area contributed by atoms with Crippen molar-refractivity contribution >= 4 is 48.3 Å². The van der Waals surface area contributed by atoms with E-state index in [-0.39, 0.29) is 11.4 Å². The number of aromatic amines is 1. The van der Waals surface area contributed by atoms with Crippen LogP contribution in [0, 0.1) is 3.95 Å². The van der Waals surface area contributed by atoms with Crippen molar-refractivity contribution < 1.29 is 29.6 Å². The van der Waals surface area contributed by atoms with Crippen molar-refractivity contribution in [2.75, 3.05) is 6.44 Å². The number of hydrogen-bond acceptors (Lipinski definition) is 8.